The molecule has 20 heavy (non-hydrogen) atoms. The van der Waals surface area contributed by atoms with Crippen molar-refractivity contribution in [3.05, 3.63) is 36.5 Å². The number of allylic oxidation sites excluding steroid dienone is 6. The molecule has 0 saturated carbocycles. The molecule has 0 amide bonds. The van der Waals surface area contributed by atoms with Crippen LogP contribution in [0.2, 0.25) is 0 Å². The lowest BCUT2D eigenvalue weighted by molar-refractivity contribution is -0.137. The Kier molecular flexibility index (Phi) is 14.7. The van der Waals surface area contributed by atoms with E-state index in [4.69, 9.17) is 5.11 Å². The average Bonchev–Trinajstić information content (AvgIpc) is 2.43. The lowest BCUT2D eigenvalue weighted by Crippen LogP contribution is -1.92. The predicted molar refractivity (Wildman–Crippen MR) is 86.9 cm³/mol. The minimum Gasteiger partial charge on any atom is -0.481 e. The Morgan fingerprint density at radius 1 is 0.800 bits per heavy atom. The first-order chi connectivity index (χ1) is 9.77. The van der Waals surface area contributed by atoms with E-state index in [1.165, 1.54) is 25.7 Å². The molecule has 0 aromatic heterocycles. The van der Waals surface area contributed by atoms with Crippen molar-refractivity contribution in [1.29, 1.82) is 0 Å². The summed E-state index contributed by atoms with van der Waals surface area (Å²) < 4.78 is 0. The van der Waals surface area contributed by atoms with Crippen molar-refractivity contribution in [2.75, 3.05) is 0 Å². The Balaban J connectivity index is 3.30. The minimum atomic E-state index is -0.705. The molecule has 2 nitrogen and oxygen atoms in total. The van der Waals surface area contributed by atoms with E-state index in [9.17, 15) is 4.79 Å². The molecule has 0 aliphatic rings. The summed E-state index contributed by atoms with van der Waals surface area (Å²) >= 11 is 0. The van der Waals surface area contributed by atoms with Crippen LogP contribution in [0.4, 0.5) is 0 Å². The summed E-state index contributed by atoms with van der Waals surface area (Å²) in [6, 6.07) is 0. The Hall–Kier alpha value is -1.31. The van der Waals surface area contributed by atoms with Crippen LogP contribution < -0.4 is 0 Å². The van der Waals surface area contributed by atoms with Gasteiger partial charge in [0, 0.05) is 6.42 Å². The monoisotopic (exact) mass is 278 g/mol. The maximum atomic E-state index is 10.3. The van der Waals surface area contributed by atoms with E-state index in [0.29, 0.717) is 0 Å². The van der Waals surface area contributed by atoms with Crippen molar-refractivity contribution in [3.8, 4) is 0 Å². The van der Waals surface area contributed by atoms with Gasteiger partial charge in [0.1, 0.15) is 0 Å². The first-order valence-corrected chi connectivity index (χ1v) is 7.94. The van der Waals surface area contributed by atoms with Gasteiger partial charge in [0.25, 0.3) is 0 Å². The SMILES string of the molecule is CCCCCC=CCC=CCC/C=C\CCCC(=O)O. The second-order valence-corrected chi connectivity index (χ2v) is 5.01. The van der Waals surface area contributed by atoms with Gasteiger partial charge in [-0.3, -0.25) is 4.79 Å². The molecule has 0 saturated heterocycles. The van der Waals surface area contributed by atoms with Gasteiger partial charge >= 0.3 is 5.97 Å². The van der Waals surface area contributed by atoms with Crippen LogP contribution >= 0.6 is 0 Å². The molecule has 0 radical (unpaired) electrons. The van der Waals surface area contributed by atoms with Gasteiger partial charge in [0.2, 0.25) is 0 Å². The number of hydrogen-bond donors (Lipinski definition) is 1. The van der Waals surface area contributed by atoms with Crippen LogP contribution in [-0.2, 0) is 4.79 Å². The van der Waals surface area contributed by atoms with E-state index < -0.39 is 5.97 Å². The molecular weight excluding hydrogens is 248 g/mol. The number of carboxylic acid groups (broad SMARTS) is 1. The summed E-state index contributed by atoms with van der Waals surface area (Å²) in [6.07, 6.45) is 23.4. The lowest BCUT2D eigenvalue weighted by Gasteiger charge is -1.91. The molecule has 0 spiro atoms. The third-order valence-electron chi connectivity index (χ3n) is 3.01. The Labute approximate surface area is 124 Å². The van der Waals surface area contributed by atoms with Crippen molar-refractivity contribution in [3.63, 3.8) is 0 Å². The fourth-order valence-corrected chi connectivity index (χ4v) is 1.82. The van der Waals surface area contributed by atoms with Gasteiger partial charge in [-0.25, -0.2) is 0 Å². The van der Waals surface area contributed by atoms with Gasteiger partial charge in [-0.2, -0.15) is 0 Å². The van der Waals surface area contributed by atoms with Gasteiger partial charge in [-0.15, -0.1) is 0 Å². The molecule has 114 valence electrons. The molecule has 0 aliphatic heterocycles. The fourth-order valence-electron chi connectivity index (χ4n) is 1.82. The highest BCUT2D eigenvalue weighted by molar-refractivity contribution is 5.66. The highest BCUT2D eigenvalue weighted by atomic mass is 16.4. The summed E-state index contributed by atoms with van der Waals surface area (Å²) in [4.78, 5) is 10.3. The van der Waals surface area contributed by atoms with Crippen LogP contribution in [0.3, 0.4) is 0 Å². The van der Waals surface area contributed by atoms with Gasteiger partial charge in [-0.05, 0) is 44.9 Å². The molecule has 0 fully saturated rings. The number of unbranched alkanes of at least 4 members (excludes halogenated alkanes) is 5. The van der Waals surface area contributed by atoms with E-state index >= 15 is 0 Å². The molecule has 0 unspecified atom stereocenters. The largest absolute Gasteiger partial charge is 0.481 e. The van der Waals surface area contributed by atoms with Crippen molar-refractivity contribution in [2.45, 2.75) is 71.1 Å². The Morgan fingerprint density at radius 2 is 1.35 bits per heavy atom. The van der Waals surface area contributed by atoms with Gasteiger partial charge in [-0.1, -0.05) is 56.2 Å². The molecule has 1 N–H and O–H groups in total. The summed E-state index contributed by atoms with van der Waals surface area (Å²) in [5.74, 6) is -0.705. The molecule has 0 bridgehead atoms. The zero-order valence-corrected chi connectivity index (χ0v) is 12.9. The van der Waals surface area contributed by atoms with Crippen LogP contribution in [0.15, 0.2) is 36.5 Å². The Bertz CT molecular complexity index is 301. The van der Waals surface area contributed by atoms with Crippen molar-refractivity contribution in [2.24, 2.45) is 0 Å². The van der Waals surface area contributed by atoms with E-state index in [1.54, 1.807) is 0 Å². The second kappa shape index (κ2) is 15.7. The van der Waals surface area contributed by atoms with E-state index in [-0.39, 0.29) is 6.42 Å². The van der Waals surface area contributed by atoms with Crippen LogP contribution in [0.25, 0.3) is 0 Å². The van der Waals surface area contributed by atoms with Crippen molar-refractivity contribution >= 4 is 5.97 Å². The molecule has 2 heteroatoms. The summed E-state index contributed by atoms with van der Waals surface area (Å²) in [5.41, 5.74) is 0. The highest BCUT2D eigenvalue weighted by Gasteiger charge is 1.92. The lowest BCUT2D eigenvalue weighted by atomic mass is 10.2. The topological polar surface area (TPSA) is 37.3 Å². The highest BCUT2D eigenvalue weighted by Crippen LogP contribution is 2.02. The average molecular weight is 278 g/mol. The molecular formula is C18H30O2. The van der Waals surface area contributed by atoms with Crippen LogP contribution in [0.5, 0.6) is 0 Å². The quantitative estimate of drug-likeness (QED) is 0.348. The molecule has 0 rings (SSSR count). The first kappa shape index (κ1) is 18.7. The predicted octanol–water partition coefficient (Wildman–Crippen LogP) is 5.66. The zero-order chi connectivity index (χ0) is 14.9. The summed E-state index contributed by atoms with van der Waals surface area (Å²) in [5, 5.41) is 8.48. The maximum absolute atomic E-state index is 10.3. The number of carboxylic acids is 1. The van der Waals surface area contributed by atoms with Gasteiger partial charge in [0.05, 0.1) is 0 Å². The minimum absolute atomic E-state index is 0.273. The third-order valence-corrected chi connectivity index (χ3v) is 3.01. The number of carbonyl (C=O) groups is 1. The number of aliphatic carboxylic acids is 1. The van der Waals surface area contributed by atoms with Crippen LogP contribution in [-0.4, -0.2) is 11.1 Å². The number of rotatable bonds is 13. The molecule has 0 heterocycles. The molecule has 0 aromatic carbocycles. The summed E-state index contributed by atoms with van der Waals surface area (Å²) in [6.45, 7) is 2.23. The van der Waals surface area contributed by atoms with Crippen molar-refractivity contribution < 1.29 is 9.90 Å². The van der Waals surface area contributed by atoms with Crippen LogP contribution in [0.1, 0.15) is 71.1 Å². The standard InChI is InChI=1S/C18H30O2/c1-2-3-4-5-6-7-8-9-10-11-12-13-14-15-16-17-18(19)20/h6-7,9-10,13-14H,2-5,8,11-12,15-17H2,1H3,(H,19,20)/b7-6?,10-9?,14-13-. The van der Waals surface area contributed by atoms with Gasteiger partial charge < -0.3 is 5.11 Å². The molecule has 0 aromatic rings. The molecule has 0 atom stereocenters. The van der Waals surface area contributed by atoms with Crippen LogP contribution in [0, 0.1) is 0 Å². The smallest absolute Gasteiger partial charge is 0.303 e. The fraction of sp³-hybridized carbons (Fsp3) is 0.611. The number of hydrogen-bond acceptors (Lipinski definition) is 1. The second-order valence-electron chi connectivity index (χ2n) is 5.01. The van der Waals surface area contributed by atoms with E-state index in [2.05, 4.69) is 43.4 Å². The van der Waals surface area contributed by atoms with E-state index in [1.807, 2.05) is 0 Å². The normalized spacial score (nSPS) is 12.1. The van der Waals surface area contributed by atoms with Gasteiger partial charge in [0.15, 0.2) is 0 Å². The molecule has 0 aliphatic carbocycles. The maximum Gasteiger partial charge on any atom is 0.303 e. The first-order valence-electron chi connectivity index (χ1n) is 7.94. The third kappa shape index (κ3) is 16.7. The zero-order valence-electron chi connectivity index (χ0n) is 12.9. The Morgan fingerprint density at radius 3 is 2.00 bits per heavy atom. The van der Waals surface area contributed by atoms with E-state index in [0.717, 1.165) is 32.1 Å². The van der Waals surface area contributed by atoms with Crippen molar-refractivity contribution in [1.82, 2.24) is 0 Å². The summed E-state index contributed by atoms with van der Waals surface area (Å²) in [7, 11) is 0.